The van der Waals surface area contributed by atoms with Crippen molar-refractivity contribution in [2.75, 3.05) is 19.6 Å². The van der Waals surface area contributed by atoms with Gasteiger partial charge in [0.15, 0.2) is 5.65 Å². The highest BCUT2D eigenvalue weighted by Crippen LogP contribution is 2.43. The van der Waals surface area contributed by atoms with Gasteiger partial charge in [-0.25, -0.2) is 9.50 Å². The monoisotopic (exact) mass is 383 g/mol. The minimum absolute atomic E-state index is 0.158. The van der Waals surface area contributed by atoms with Gasteiger partial charge < -0.3 is 9.64 Å². The van der Waals surface area contributed by atoms with E-state index in [-0.39, 0.29) is 24.2 Å². The van der Waals surface area contributed by atoms with Crippen LogP contribution in [0.4, 0.5) is 0 Å². The third-order valence-corrected chi connectivity index (χ3v) is 6.45. The maximum atomic E-state index is 13.2. The van der Waals surface area contributed by atoms with Crippen LogP contribution in [0.5, 0.6) is 0 Å². The first-order valence-electron chi connectivity index (χ1n) is 10.5. The van der Waals surface area contributed by atoms with Crippen LogP contribution < -0.4 is 0 Å². The number of morpholine rings is 1. The van der Waals surface area contributed by atoms with Crippen molar-refractivity contribution in [3.63, 3.8) is 0 Å². The van der Waals surface area contributed by atoms with Crippen molar-refractivity contribution in [3.8, 4) is 0 Å². The Kier molecular flexibility index (Phi) is 4.39. The molecule has 3 aliphatic heterocycles. The van der Waals surface area contributed by atoms with Crippen molar-refractivity contribution < 1.29 is 9.53 Å². The smallest absolute Gasteiger partial charge is 0.224 e. The summed E-state index contributed by atoms with van der Waals surface area (Å²) in [4.78, 5) is 22.3. The summed E-state index contributed by atoms with van der Waals surface area (Å²) >= 11 is 0. The summed E-state index contributed by atoms with van der Waals surface area (Å²) < 4.78 is 7.80. The van der Waals surface area contributed by atoms with Crippen LogP contribution >= 0.6 is 0 Å². The van der Waals surface area contributed by atoms with Crippen LogP contribution in [0.3, 0.4) is 0 Å². The first-order valence-corrected chi connectivity index (χ1v) is 10.5. The number of hydrogen-bond acceptors (Lipinski definition) is 5. The van der Waals surface area contributed by atoms with E-state index in [1.165, 1.54) is 11.3 Å². The minimum atomic E-state index is 0.158. The van der Waals surface area contributed by atoms with E-state index in [9.17, 15) is 4.79 Å². The highest BCUT2D eigenvalue weighted by molar-refractivity contribution is 5.78. The Bertz CT molecular complexity index is 900. The molecule has 2 aromatic heterocycles. The predicted octanol–water partition coefficient (Wildman–Crippen LogP) is 2.13. The van der Waals surface area contributed by atoms with Gasteiger partial charge in [-0.3, -0.25) is 9.69 Å². The molecule has 0 aliphatic carbocycles. The first kappa shape index (κ1) is 18.1. The zero-order valence-electron chi connectivity index (χ0n) is 17.0. The quantitative estimate of drug-likeness (QED) is 0.813. The summed E-state index contributed by atoms with van der Waals surface area (Å²) in [6.45, 7) is 8.85. The number of aryl methyl sites for hydroxylation is 1. The number of nitrogens with zero attached hydrogens (tertiary/aromatic N) is 5. The summed E-state index contributed by atoms with van der Waals surface area (Å²) in [6, 6.07) is 2.47. The first-order chi connectivity index (χ1) is 13.5. The molecule has 7 heteroatoms. The SMILES string of the molecule is Cc1cc2ncc3c(n2n1)C[C@H]1CC[C@H]3N1C(=O)CCN1C[C@H](C)O[C@@H](C)C1. The largest absolute Gasteiger partial charge is 0.373 e. The minimum Gasteiger partial charge on any atom is -0.373 e. The normalized spacial score (nSPS) is 30.0. The van der Waals surface area contributed by atoms with Gasteiger partial charge in [-0.1, -0.05) is 0 Å². The maximum absolute atomic E-state index is 13.2. The molecule has 2 bridgehead atoms. The average Bonchev–Trinajstić information content (AvgIpc) is 3.18. The second-order valence-corrected chi connectivity index (χ2v) is 8.73. The van der Waals surface area contributed by atoms with Gasteiger partial charge in [-0.05, 0) is 33.6 Å². The van der Waals surface area contributed by atoms with Gasteiger partial charge in [-0.2, -0.15) is 5.10 Å². The molecule has 150 valence electrons. The van der Waals surface area contributed by atoms with Crippen molar-refractivity contribution in [2.45, 2.75) is 70.7 Å². The fraction of sp³-hybridized carbons (Fsp3) is 0.667. The Morgan fingerprint density at radius 3 is 2.82 bits per heavy atom. The Labute approximate surface area is 165 Å². The molecule has 2 saturated heterocycles. The van der Waals surface area contributed by atoms with Crippen molar-refractivity contribution in [2.24, 2.45) is 0 Å². The van der Waals surface area contributed by atoms with Crippen LogP contribution in [-0.2, 0) is 16.0 Å². The van der Waals surface area contributed by atoms with Crippen LogP contribution in [0, 0.1) is 6.92 Å². The molecule has 0 aromatic carbocycles. The van der Waals surface area contributed by atoms with E-state index in [1.807, 2.05) is 23.7 Å². The molecule has 5 heterocycles. The Morgan fingerprint density at radius 2 is 2.04 bits per heavy atom. The van der Waals surface area contributed by atoms with Crippen LogP contribution in [0.25, 0.3) is 5.65 Å². The topological polar surface area (TPSA) is 63.0 Å². The molecule has 0 N–H and O–H groups in total. The van der Waals surface area contributed by atoms with Crippen LogP contribution in [0.15, 0.2) is 12.3 Å². The van der Waals surface area contributed by atoms with E-state index >= 15 is 0 Å². The lowest BCUT2D eigenvalue weighted by atomic mass is 9.98. The van der Waals surface area contributed by atoms with Gasteiger partial charge in [0.05, 0.1) is 29.6 Å². The number of carbonyl (C=O) groups excluding carboxylic acids is 1. The molecule has 28 heavy (non-hydrogen) atoms. The summed E-state index contributed by atoms with van der Waals surface area (Å²) in [5, 5.41) is 4.64. The molecule has 2 aromatic rings. The van der Waals surface area contributed by atoms with Gasteiger partial charge in [0.2, 0.25) is 5.91 Å². The van der Waals surface area contributed by atoms with Crippen LogP contribution in [0.2, 0.25) is 0 Å². The molecular weight excluding hydrogens is 354 g/mol. The molecule has 0 spiro atoms. The lowest BCUT2D eigenvalue weighted by Crippen LogP contribution is -2.48. The molecule has 2 fully saturated rings. The van der Waals surface area contributed by atoms with Crippen LogP contribution in [0.1, 0.15) is 56.1 Å². The number of ether oxygens (including phenoxy) is 1. The van der Waals surface area contributed by atoms with E-state index in [1.54, 1.807) is 0 Å². The Hall–Kier alpha value is -1.99. The van der Waals surface area contributed by atoms with Crippen LogP contribution in [-0.4, -0.2) is 68.2 Å². The summed E-state index contributed by atoms with van der Waals surface area (Å²) in [5.74, 6) is 0.279. The third-order valence-electron chi connectivity index (χ3n) is 6.45. The molecule has 1 amide bonds. The average molecular weight is 383 g/mol. The van der Waals surface area contributed by atoms with Crippen molar-refractivity contribution in [1.82, 2.24) is 24.4 Å². The van der Waals surface area contributed by atoms with Gasteiger partial charge in [0, 0.05) is 56.3 Å². The van der Waals surface area contributed by atoms with Crippen molar-refractivity contribution in [3.05, 3.63) is 29.2 Å². The lowest BCUT2D eigenvalue weighted by molar-refractivity contribution is -0.136. The van der Waals surface area contributed by atoms with E-state index in [0.717, 1.165) is 50.2 Å². The standard InChI is InChI=1S/C21H29N5O2/c1-13-8-20-22-10-17-18-5-4-16(9-19(17)26(20)23-13)25(18)21(27)6-7-24-11-14(2)28-15(3)12-24/h8,10,14-16,18H,4-7,9,11-12H2,1-3H3/t14-,15-,16+,18+/m0/s1. The third kappa shape index (κ3) is 3.01. The van der Waals surface area contributed by atoms with Gasteiger partial charge in [0.1, 0.15) is 0 Å². The number of hydrogen-bond donors (Lipinski definition) is 0. The molecular formula is C21H29N5O2. The number of fused-ring (bicyclic) bond motifs is 6. The summed E-state index contributed by atoms with van der Waals surface area (Å²) in [6.07, 6.45) is 6.01. The Balaban J connectivity index is 1.33. The van der Waals surface area contributed by atoms with E-state index in [2.05, 4.69) is 33.7 Å². The van der Waals surface area contributed by atoms with Crippen molar-refractivity contribution >= 4 is 11.6 Å². The summed E-state index contributed by atoms with van der Waals surface area (Å²) in [7, 11) is 0. The highest BCUT2D eigenvalue weighted by Gasteiger charge is 2.43. The summed E-state index contributed by atoms with van der Waals surface area (Å²) in [5.41, 5.74) is 4.32. The molecule has 0 unspecified atom stereocenters. The molecule has 3 aliphatic rings. The fourth-order valence-electron chi connectivity index (χ4n) is 5.43. The molecule has 4 atom stereocenters. The number of amides is 1. The predicted molar refractivity (Wildman–Crippen MR) is 105 cm³/mol. The van der Waals surface area contributed by atoms with E-state index in [0.29, 0.717) is 12.5 Å². The van der Waals surface area contributed by atoms with Gasteiger partial charge >= 0.3 is 0 Å². The molecule has 0 radical (unpaired) electrons. The van der Waals surface area contributed by atoms with Gasteiger partial charge in [-0.15, -0.1) is 0 Å². The van der Waals surface area contributed by atoms with Crippen molar-refractivity contribution in [1.29, 1.82) is 0 Å². The number of aromatic nitrogens is 3. The second-order valence-electron chi connectivity index (χ2n) is 8.73. The molecule has 5 rings (SSSR count). The van der Waals surface area contributed by atoms with E-state index in [4.69, 9.17) is 4.74 Å². The second kappa shape index (κ2) is 6.81. The zero-order valence-corrected chi connectivity index (χ0v) is 17.0. The fourth-order valence-corrected chi connectivity index (χ4v) is 5.43. The lowest BCUT2D eigenvalue weighted by Gasteiger charge is -2.38. The Morgan fingerprint density at radius 1 is 1.25 bits per heavy atom. The zero-order chi connectivity index (χ0) is 19.4. The number of carbonyl (C=O) groups is 1. The molecule has 7 nitrogen and oxygen atoms in total. The van der Waals surface area contributed by atoms with Gasteiger partial charge in [0.25, 0.3) is 0 Å². The highest BCUT2D eigenvalue weighted by atomic mass is 16.5. The maximum Gasteiger partial charge on any atom is 0.224 e. The molecule has 0 saturated carbocycles. The van der Waals surface area contributed by atoms with E-state index < -0.39 is 0 Å². The number of rotatable bonds is 3.